The molecule has 0 unspecified atom stereocenters. The van der Waals surface area contributed by atoms with Crippen molar-refractivity contribution in [3.8, 4) is 0 Å². The highest BCUT2D eigenvalue weighted by atomic mass is 16.2. The molecule has 0 spiro atoms. The van der Waals surface area contributed by atoms with E-state index < -0.39 is 0 Å². The van der Waals surface area contributed by atoms with Gasteiger partial charge in [0, 0.05) is 36.2 Å². The third-order valence-electron chi connectivity index (χ3n) is 4.60. The smallest absolute Gasteiger partial charge is 0.321 e. The number of hydrogen-bond donors (Lipinski definition) is 3. The third kappa shape index (κ3) is 4.62. The van der Waals surface area contributed by atoms with Gasteiger partial charge in [-0.1, -0.05) is 18.9 Å². The van der Waals surface area contributed by atoms with Crippen LogP contribution in [-0.4, -0.2) is 33.9 Å². The van der Waals surface area contributed by atoms with Gasteiger partial charge in [0.2, 0.25) is 5.91 Å². The molecule has 1 aliphatic carbocycles. The number of carbonyl (C=O) groups excluding carboxylic acids is 2. The van der Waals surface area contributed by atoms with E-state index in [1.807, 2.05) is 19.1 Å². The van der Waals surface area contributed by atoms with Crippen molar-refractivity contribution in [2.24, 2.45) is 5.92 Å². The van der Waals surface area contributed by atoms with Crippen LogP contribution in [0.1, 0.15) is 37.2 Å². The minimum absolute atomic E-state index is 0.0660. The first-order chi connectivity index (χ1) is 12.5. The van der Waals surface area contributed by atoms with E-state index >= 15 is 0 Å². The zero-order valence-corrected chi connectivity index (χ0v) is 15.2. The summed E-state index contributed by atoms with van der Waals surface area (Å²) in [7, 11) is 1.71. The van der Waals surface area contributed by atoms with Crippen molar-refractivity contribution in [1.82, 2.24) is 14.9 Å². The number of nitrogens with one attached hydrogen (secondary N) is 3. The Labute approximate surface area is 153 Å². The Morgan fingerprint density at radius 3 is 2.58 bits per heavy atom. The lowest BCUT2D eigenvalue weighted by Gasteiger charge is -2.17. The molecule has 7 heteroatoms. The van der Waals surface area contributed by atoms with Gasteiger partial charge in [-0.25, -0.2) is 9.78 Å². The van der Waals surface area contributed by atoms with Crippen molar-refractivity contribution in [2.45, 2.75) is 39.2 Å². The Morgan fingerprint density at radius 2 is 1.92 bits per heavy atom. The maximum Gasteiger partial charge on any atom is 0.321 e. The number of aryl methyl sites for hydroxylation is 1. The molecule has 0 bridgehead atoms. The maximum absolute atomic E-state index is 12.4. The Hall–Kier alpha value is -2.83. The van der Waals surface area contributed by atoms with Gasteiger partial charge in [-0.05, 0) is 38.0 Å². The highest BCUT2D eigenvalue weighted by Crippen LogP contribution is 2.26. The number of imidazole rings is 1. The Kier molecular flexibility index (Phi) is 5.55. The SMILES string of the molecule is Cc1cnc(CN(C)C(=O)Nc2cccc(NC(=O)C3CCCC3)c2)[nH]1. The molecule has 0 saturated heterocycles. The van der Waals surface area contributed by atoms with Crippen LogP contribution in [0, 0.1) is 12.8 Å². The lowest BCUT2D eigenvalue weighted by Crippen LogP contribution is -2.31. The molecular weight excluding hydrogens is 330 g/mol. The topological polar surface area (TPSA) is 90.1 Å². The summed E-state index contributed by atoms with van der Waals surface area (Å²) in [6.07, 6.45) is 5.89. The second-order valence-electron chi connectivity index (χ2n) is 6.85. The fourth-order valence-corrected chi connectivity index (χ4v) is 3.17. The lowest BCUT2D eigenvalue weighted by molar-refractivity contribution is -0.119. The molecule has 1 fully saturated rings. The Bertz CT molecular complexity index is 780. The second kappa shape index (κ2) is 8.03. The molecule has 1 aromatic heterocycles. The zero-order chi connectivity index (χ0) is 18.5. The largest absolute Gasteiger partial charge is 0.345 e. The number of H-pyrrole nitrogens is 1. The molecule has 1 heterocycles. The Balaban J connectivity index is 1.57. The second-order valence-corrected chi connectivity index (χ2v) is 6.85. The van der Waals surface area contributed by atoms with Gasteiger partial charge in [-0.3, -0.25) is 4.79 Å². The normalized spacial score (nSPS) is 14.2. The highest BCUT2D eigenvalue weighted by Gasteiger charge is 2.22. The van der Waals surface area contributed by atoms with E-state index in [1.54, 1.807) is 30.3 Å². The van der Waals surface area contributed by atoms with E-state index in [0.29, 0.717) is 17.9 Å². The minimum atomic E-state index is -0.238. The van der Waals surface area contributed by atoms with Crippen LogP contribution in [0.5, 0.6) is 0 Å². The van der Waals surface area contributed by atoms with Crippen molar-refractivity contribution in [2.75, 3.05) is 17.7 Å². The molecule has 26 heavy (non-hydrogen) atoms. The number of aromatic nitrogens is 2. The van der Waals surface area contributed by atoms with E-state index in [0.717, 1.165) is 37.2 Å². The van der Waals surface area contributed by atoms with Gasteiger partial charge in [0.25, 0.3) is 0 Å². The van der Waals surface area contributed by atoms with Gasteiger partial charge in [-0.2, -0.15) is 0 Å². The molecule has 0 atom stereocenters. The van der Waals surface area contributed by atoms with Crippen molar-refractivity contribution in [3.63, 3.8) is 0 Å². The van der Waals surface area contributed by atoms with Crippen LogP contribution in [0.4, 0.5) is 16.2 Å². The van der Waals surface area contributed by atoms with Gasteiger partial charge in [0.1, 0.15) is 5.82 Å². The van der Waals surface area contributed by atoms with Gasteiger partial charge >= 0.3 is 6.03 Å². The fraction of sp³-hybridized carbons (Fsp3) is 0.421. The first-order valence-corrected chi connectivity index (χ1v) is 8.95. The Morgan fingerprint density at radius 1 is 1.23 bits per heavy atom. The van der Waals surface area contributed by atoms with E-state index in [1.165, 1.54) is 0 Å². The van der Waals surface area contributed by atoms with Crippen LogP contribution in [0.2, 0.25) is 0 Å². The summed E-state index contributed by atoms with van der Waals surface area (Å²) >= 11 is 0. The number of rotatable bonds is 5. The number of hydrogen-bond acceptors (Lipinski definition) is 3. The molecule has 0 radical (unpaired) electrons. The highest BCUT2D eigenvalue weighted by molar-refractivity contribution is 5.94. The van der Waals surface area contributed by atoms with E-state index in [-0.39, 0.29) is 17.9 Å². The number of amides is 3. The molecule has 138 valence electrons. The first kappa shape index (κ1) is 18.0. The van der Waals surface area contributed by atoms with Crippen molar-refractivity contribution in [1.29, 1.82) is 0 Å². The van der Waals surface area contributed by atoms with Crippen molar-refractivity contribution in [3.05, 3.63) is 42.0 Å². The van der Waals surface area contributed by atoms with Gasteiger partial charge in [0.15, 0.2) is 0 Å². The quantitative estimate of drug-likeness (QED) is 0.766. The molecular formula is C19H25N5O2. The predicted octanol–water partition coefficient (Wildman–Crippen LogP) is 3.51. The van der Waals surface area contributed by atoms with Gasteiger partial charge in [0.05, 0.1) is 6.54 Å². The van der Waals surface area contributed by atoms with Gasteiger partial charge in [-0.15, -0.1) is 0 Å². The number of benzene rings is 1. The predicted molar refractivity (Wildman–Crippen MR) is 101 cm³/mol. The molecule has 2 aromatic rings. The summed E-state index contributed by atoms with van der Waals surface area (Å²) in [6.45, 7) is 2.31. The summed E-state index contributed by atoms with van der Waals surface area (Å²) < 4.78 is 0. The van der Waals surface area contributed by atoms with Crippen molar-refractivity contribution < 1.29 is 9.59 Å². The summed E-state index contributed by atoms with van der Waals surface area (Å²) in [5, 5.41) is 5.80. The molecule has 3 rings (SSSR count). The number of aromatic amines is 1. The molecule has 1 saturated carbocycles. The average Bonchev–Trinajstić information content (AvgIpc) is 3.27. The van der Waals surface area contributed by atoms with Crippen LogP contribution in [0.15, 0.2) is 30.5 Å². The average molecular weight is 355 g/mol. The molecule has 3 amide bonds. The van der Waals surface area contributed by atoms with E-state index in [9.17, 15) is 9.59 Å². The monoisotopic (exact) mass is 355 g/mol. The summed E-state index contributed by atoms with van der Waals surface area (Å²) in [4.78, 5) is 33.4. The first-order valence-electron chi connectivity index (χ1n) is 8.95. The number of carbonyl (C=O) groups is 2. The molecule has 0 aliphatic heterocycles. The van der Waals surface area contributed by atoms with Crippen LogP contribution < -0.4 is 10.6 Å². The van der Waals surface area contributed by atoms with Gasteiger partial charge < -0.3 is 20.5 Å². The molecule has 1 aromatic carbocycles. The van der Waals surface area contributed by atoms with Crippen LogP contribution >= 0.6 is 0 Å². The lowest BCUT2D eigenvalue weighted by atomic mass is 10.1. The van der Waals surface area contributed by atoms with Crippen molar-refractivity contribution >= 4 is 23.3 Å². The zero-order valence-electron chi connectivity index (χ0n) is 15.2. The summed E-state index contributed by atoms with van der Waals surface area (Å²) in [5.41, 5.74) is 2.30. The van der Waals surface area contributed by atoms with Crippen LogP contribution in [0.3, 0.4) is 0 Å². The molecule has 3 N–H and O–H groups in total. The standard InChI is InChI=1S/C19H25N5O2/c1-13-11-20-17(21-13)12-24(2)19(26)23-16-9-5-8-15(10-16)22-18(25)14-6-3-4-7-14/h5,8-11,14H,3-4,6-7,12H2,1-2H3,(H,20,21)(H,22,25)(H,23,26). The molecule has 7 nitrogen and oxygen atoms in total. The molecule has 1 aliphatic rings. The number of anilines is 2. The number of urea groups is 1. The maximum atomic E-state index is 12.4. The fourth-order valence-electron chi connectivity index (χ4n) is 3.17. The van der Waals surface area contributed by atoms with E-state index in [2.05, 4.69) is 20.6 Å². The summed E-state index contributed by atoms with van der Waals surface area (Å²) in [6, 6.07) is 6.98. The summed E-state index contributed by atoms with van der Waals surface area (Å²) in [5.74, 6) is 0.908. The van der Waals surface area contributed by atoms with Crippen LogP contribution in [-0.2, 0) is 11.3 Å². The number of nitrogens with zero attached hydrogens (tertiary/aromatic N) is 2. The van der Waals surface area contributed by atoms with Crippen LogP contribution in [0.25, 0.3) is 0 Å². The van der Waals surface area contributed by atoms with E-state index in [4.69, 9.17) is 0 Å². The third-order valence-corrected chi connectivity index (χ3v) is 4.60. The minimum Gasteiger partial charge on any atom is -0.345 e.